The molecule has 0 aliphatic rings. The van der Waals surface area contributed by atoms with Crippen LogP contribution in [0, 0.1) is 6.92 Å². The molecular formula is C24H23ClN4O2. The molecular weight excluding hydrogens is 412 g/mol. The van der Waals surface area contributed by atoms with Gasteiger partial charge in [-0.15, -0.1) is 0 Å². The monoisotopic (exact) mass is 434 g/mol. The van der Waals surface area contributed by atoms with Crippen molar-refractivity contribution in [3.8, 4) is 22.5 Å². The van der Waals surface area contributed by atoms with Crippen LogP contribution in [0.2, 0.25) is 5.02 Å². The molecule has 31 heavy (non-hydrogen) atoms. The number of rotatable bonds is 3. The van der Waals surface area contributed by atoms with Crippen LogP contribution in [0.5, 0.6) is 0 Å². The summed E-state index contributed by atoms with van der Waals surface area (Å²) in [5.41, 5.74) is 4.69. The molecule has 4 rings (SSSR count). The number of nitrogens with zero attached hydrogens (tertiary/aromatic N) is 3. The van der Waals surface area contributed by atoms with Crippen LogP contribution in [-0.2, 0) is 5.41 Å². The number of nitrogens with one attached hydrogen (secondary N) is 1. The maximum absolute atomic E-state index is 13.0. The predicted octanol–water partition coefficient (Wildman–Crippen LogP) is 6.54. The van der Waals surface area contributed by atoms with Crippen molar-refractivity contribution in [3.05, 3.63) is 77.1 Å². The maximum Gasteiger partial charge on any atom is 0.347 e. The van der Waals surface area contributed by atoms with E-state index in [9.17, 15) is 4.79 Å². The average molecular weight is 435 g/mol. The first-order valence-electron chi connectivity index (χ1n) is 9.92. The molecule has 1 amide bonds. The van der Waals surface area contributed by atoms with Crippen molar-refractivity contribution in [1.82, 2.24) is 14.9 Å². The highest BCUT2D eigenvalue weighted by Gasteiger charge is 2.22. The van der Waals surface area contributed by atoms with Gasteiger partial charge in [-0.2, -0.15) is 9.78 Å². The molecule has 0 atom stereocenters. The van der Waals surface area contributed by atoms with Crippen LogP contribution >= 0.6 is 11.6 Å². The van der Waals surface area contributed by atoms with Crippen LogP contribution in [0.3, 0.4) is 0 Å². The Morgan fingerprint density at radius 1 is 1.03 bits per heavy atom. The molecule has 0 bridgehead atoms. The van der Waals surface area contributed by atoms with Gasteiger partial charge in [0.2, 0.25) is 0 Å². The van der Waals surface area contributed by atoms with Crippen LogP contribution in [0.25, 0.3) is 22.5 Å². The SMILES string of the molecule is Cc1onc(-c2ccc(Cl)cc2)c1-c1ccnn1C(=O)Nc1ccc(C(C)(C)C)cc1. The van der Waals surface area contributed by atoms with Crippen molar-refractivity contribution in [1.29, 1.82) is 0 Å². The Hall–Kier alpha value is -3.38. The molecule has 2 heterocycles. The smallest absolute Gasteiger partial charge is 0.347 e. The zero-order valence-electron chi connectivity index (χ0n) is 17.8. The first-order valence-corrected chi connectivity index (χ1v) is 10.3. The van der Waals surface area contributed by atoms with Gasteiger partial charge < -0.3 is 9.84 Å². The van der Waals surface area contributed by atoms with Crippen LogP contribution in [0.4, 0.5) is 10.5 Å². The van der Waals surface area contributed by atoms with Crippen LogP contribution < -0.4 is 5.32 Å². The number of amides is 1. The minimum atomic E-state index is -0.369. The van der Waals surface area contributed by atoms with Gasteiger partial charge in [-0.3, -0.25) is 0 Å². The predicted molar refractivity (Wildman–Crippen MR) is 122 cm³/mol. The third-order valence-corrected chi connectivity index (χ3v) is 5.33. The van der Waals surface area contributed by atoms with Crippen LogP contribution in [0.1, 0.15) is 32.1 Å². The normalized spacial score (nSPS) is 11.5. The Labute approximate surface area is 185 Å². The number of benzene rings is 2. The number of halogens is 1. The largest absolute Gasteiger partial charge is 0.360 e. The van der Waals surface area contributed by atoms with Gasteiger partial charge in [0, 0.05) is 16.3 Å². The molecule has 2 aromatic heterocycles. The molecule has 158 valence electrons. The van der Waals surface area contributed by atoms with Gasteiger partial charge in [0.1, 0.15) is 11.5 Å². The summed E-state index contributed by atoms with van der Waals surface area (Å²) < 4.78 is 6.76. The minimum Gasteiger partial charge on any atom is -0.360 e. The van der Waals surface area contributed by atoms with E-state index in [1.54, 1.807) is 24.4 Å². The Morgan fingerprint density at radius 3 is 2.35 bits per heavy atom. The van der Waals surface area contributed by atoms with Gasteiger partial charge in [-0.1, -0.05) is 61.8 Å². The van der Waals surface area contributed by atoms with E-state index < -0.39 is 0 Å². The Bertz CT molecular complexity index is 1220. The second kappa shape index (κ2) is 8.04. The Kier molecular flexibility index (Phi) is 5.41. The molecule has 0 aliphatic carbocycles. The lowest BCUT2D eigenvalue weighted by atomic mass is 9.87. The molecule has 0 radical (unpaired) electrons. The van der Waals surface area contributed by atoms with Gasteiger partial charge in [0.15, 0.2) is 0 Å². The standard InChI is InChI=1S/C24H23ClN4O2/c1-15-21(22(28-31-15)16-5-9-18(25)10-6-16)20-13-14-26-29(20)23(30)27-19-11-7-17(8-12-19)24(2,3)4/h5-14H,1-4H3,(H,27,30). The van der Waals surface area contributed by atoms with Gasteiger partial charge >= 0.3 is 6.03 Å². The zero-order chi connectivity index (χ0) is 22.2. The van der Waals surface area contributed by atoms with E-state index in [-0.39, 0.29) is 11.4 Å². The first-order chi connectivity index (χ1) is 14.7. The van der Waals surface area contributed by atoms with E-state index >= 15 is 0 Å². The molecule has 0 saturated heterocycles. The minimum absolute atomic E-state index is 0.0432. The van der Waals surface area contributed by atoms with Crippen molar-refractivity contribution < 1.29 is 9.32 Å². The lowest BCUT2D eigenvalue weighted by Gasteiger charge is -2.19. The summed E-state index contributed by atoms with van der Waals surface area (Å²) in [4.78, 5) is 13.0. The molecule has 0 fully saturated rings. The number of aromatic nitrogens is 3. The molecule has 0 saturated carbocycles. The third kappa shape index (κ3) is 4.25. The summed E-state index contributed by atoms with van der Waals surface area (Å²) in [7, 11) is 0. The fourth-order valence-electron chi connectivity index (χ4n) is 3.36. The van der Waals surface area contributed by atoms with Gasteiger partial charge in [0.05, 0.1) is 17.5 Å². The fourth-order valence-corrected chi connectivity index (χ4v) is 3.49. The molecule has 0 spiro atoms. The van der Waals surface area contributed by atoms with Crippen molar-refractivity contribution in [2.75, 3.05) is 5.32 Å². The lowest BCUT2D eigenvalue weighted by molar-refractivity contribution is 0.251. The Balaban J connectivity index is 1.65. The van der Waals surface area contributed by atoms with E-state index in [1.165, 1.54) is 10.2 Å². The summed E-state index contributed by atoms with van der Waals surface area (Å²) in [5, 5.41) is 12.0. The molecule has 2 aromatic carbocycles. The molecule has 0 unspecified atom stereocenters. The highest BCUT2D eigenvalue weighted by atomic mass is 35.5. The third-order valence-electron chi connectivity index (χ3n) is 5.07. The highest BCUT2D eigenvalue weighted by Crippen LogP contribution is 2.34. The number of hydrogen-bond donors (Lipinski definition) is 1. The van der Waals surface area contributed by atoms with E-state index in [0.717, 1.165) is 5.56 Å². The van der Waals surface area contributed by atoms with Crippen molar-refractivity contribution in [2.45, 2.75) is 33.1 Å². The van der Waals surface area contributed by atoms with E-state index in [1.807, 2.05) is 43.3 Å². The lowest BCUT2D eigenvalue weighted by Crippen LogP contribution is -2.21. The summed E-state index contributed by atoms with van der Waals surface area (Å²) in [6.45, 7) is 8.25. The van der Waals surface area contributed by atoms with Crippen molar-refractivity contribution in [3.63, 3.8) is 0 Å². The maximum atomic E-state index is 13.0. The second-order valence-electron chi connectivity index (χ2n) is 8.36. The molecule has 0 aliphatic heterocycles. The van der Waals surface area contributed by atoms with Crippen molar-refractivity contribution in [2.24, 2.45) is 0 Å². The second-order valence-corrected chi connectivity index (χ2v) is 8.79. The number of anilines is 1. The average Bonchev–Trinajstić information content (AvgIpc) is 3.34. The number of carbonyl (C=O) groups excluding carboxylic acids is 1. The molecule has 6 nitrogen and oxygen atoms in total. The Morgan fingerprint density at radius 2 is 1.71 bits per heavy atom. The van der Waals surface area contributed by atoms with Crippen LogP contribution in [0.15, 0.2) is 65.3 Å². The first kappa shape index (κ1) is 20.9. The van der Waals surface area contributed by atoms with E-state index in [2.05, 4.69) is 36.3 Å². The fraction of sp³-hybridized carbons (Fsp3) is 0.208. The van der Waals surface area contributed by atoms with Gasteiger partial charge in [-0.25, -0.2) is 4.79 Å². The number of aryl methyl sites for hydroxylation is 1. The summed E-state index contributed by atoms with van der Waals surface area (Å²) >= 11 is 6.01. The summed E-state index contributed by atoms with van der Waals surface area (Å²) in [5.74, 6) is 0.592. The molecule has 7 heteroatoms. The quantitative estimate of drug-likeness (QED) is 0.397. The number of hydrogen-bond acceptors (Lipinski definition) is 4. The summed E-state index contributed by atoms with van der Waals surface area (Å²) in [6.07, 6.45) is 1.58. The van der Waals surface area contributed by atoms with Gasteiger partial charge in [0.25, 0.3) is 0 Å². The highest BCUT2D eigenvalue weighted by molar-refractivity contribution is 6.30. The van der Waals surface area contributed by atoms with E-state index in [4.69, 9.17) is 16.1 Å². The number of carbonyl (C=O) groups is 1. The van der Waals surface area contributed by atoms with Crippen molar-refractivity contribution >= 4 is 23.3 Å². The summed E-state index contributed by atoms with van der Waals surface area (Å²) in [6, 6.07) is 16.5. The molecule has 4 aromatic rings. The molecule has 1 N–H and O–H groups in total. The topological polar surface area (TPSA) is 73.0 Å². The zero-order valence-corrected chi connectivity index (χ0v) is 18.6. The van der Waals surface area contributed by atoms with Gasteiger partial charge in [-0.05, 0) is 48.2 Å². The van der Waals surface area contributed by atoms with E-state index in [0.29, 0.717) is 33.4 Å². The van der Waals surface area contributed by atoms with Crippen LogP contribution in [-0.4, -0.2) is 21.0 Å².